The highest BCUT2D eigenvalue weighted by molar-refractivity contribution is 7.78. The van der Waals surface area contributed by atoms with E-state index in [1.54, 1.807) is 0 Å². The minimum absolute atomic E-state index is 0.0844. The van der Waals surface area contributed by atoms with Gasteiger partial charge in [0.25, 0.3) is 0 Å². The standard InChI is InChI=1S/C14H18ClNO2S/c1-2-16-8-6-11(7-9-16)13-5-3-4-12(14(13)15)10-19(17)18/h3-6H,2,7-10H2,1H3,(H,17,18). The summed E-state index contributed by atoms with van der Waals surface area (Å²) >= 11 is 4.50. The Morgan fingerprint density at radius 2 is 2.26 bits per heavy atom. The fourth-order valence-electron chi connectivity index (χ4n) is 2.32. The molecule has 0 saturated carbocycles. The van der Waals surface area contributed by atoms with Crippen molar-refractivity contribution in [3.05, 3.63) is 40.4 Å². The molecule has 2 rings (SSSR count). The molecule has 3 nitrogen and oxygen atoms in total. The zero-order valence-corrected chi connectivity index (χ0v) is 12.5. The first-order chi connectivity index (χ1) is 9.11. The first kappa shape index (κ1) is 14.7. The van der Waals surface area contributed by atoms with Crippen LogP contribution < -0.4 is 0 Å². The van der Waals surface area contributed by atoms with Crippen molar-refractivity contribution < 1.29 is 8.76 Å². The van der Waals surface area contributed by atoms with Crippen LogP contribution in [0.15, 0.2) is 24.3 Å². The summed E-state index contributed by atoms with van der Waals surface area (Å²) < 4.78 is 19.9. The number of benzene rings is 1. The van der Waals surface area contributed by atoms with Gasteiger partial charge in [-0.2, -0.15) is 0 Å². The van der Waals surface area contributed by atoms with Crippen molar-refractivity contribution in [2.24, 2.45) is 0 Å². The normalized spacial score (nSPS) is 18.2. The van der Waals surface area contributed by atoms with E-state index < -0.39 is 11.1 Å². The van der Waals surface area contributed by atoms with Crippen LogP contribution in [-0.4, -0.2) is 33.3 Å². The summed E-state index contributed by atoms with van der Waals surface area (Å²) in [6.07, 6.45) is 3.17. The fraction of sp³-hybridized carbons (Fsp3) is 0.429. The Hall–Kier alpha value is -0.680. The molecule has 19 heavy (non-hydrogen) atoms. The highest BCUT2D eigenvalue weighted by atomic mass is 35.5. The summed E-state index contributed by atoms with van der Waals surface area (Å²) in [6, 6.07) is 5.69. The molecule has 0 bridgehead atoms. The Labute approximate surface area is 121 Å². The average molecular weight is 300 g/mol. The number of hydrogen-bond donors (Lipinski definition) is 1. The second-order valence-electron chi connectivity index (χ2n) is 4.62. The highest BCUT2D eigenvalue weighted by Crippen LogP contribution is 2.31. The average Bonchev–Trinajstić information content (AvgIpc) is 2.41. The zero-order valence-electron chi connectivity index (χ0n) is 10.9. The molecule has 1 aliphatic heterocycles. The van der Waals surface area contributed by atoms with E-state index in [0.29, 0.717) is 5.02 Å². The van der Waals surface area contributed by atoms with Crippen LogP contribution in [0.4, 0.5) is 0 Å². The summed E-state index contributed by atoms with van der Waals surface area (Å²) in [5.41, 5.74) is 2.97. The van der Waals surface area contributed by atoms with Crippen LogP contribution in [0.1, 0.15) is 24.5 Å². The number of hydrogen-bond acceptors (Lipinski definition) is 2. The summed E-state index contributed by atoms with van der Waals surface area (Å²) in [5, 5.41) is 0.612. The first-order valence-corrected chi connectivity index (χ1v) is 8.03. The minimum atomic E-state index is -1.86. The first-order valence-electron chi connectivity index (χ1n) is 6.38. The van der Waals surface area contributed by atoms with E-state index in [1.165, 1.54) is 5.57 Å². The molecule has 104 valence electrons. The third kappa shape index (κ3) is 3.66. The van der Waals surface area contributed by atoms with Gasteiger partial charge in [-0.15, -0.1) is 0 Å². The highest BCUT2D eigenvalue weighted by Gasteiger charge is 2.15. The molecule has 0 spiro atoms. The van der Waals surface area contributed by atoms with Crippen molar-refractivity contribution in [1.29, 1.82) is 0 Å². The molecule has 1 aromatic carbocycles. The van der Waals surface area contributed by atoms with Crippen LogP contribution in [0, 0.1) is 0 Å². The third-order valence-corrected chi connectivity index (χ3v) is 4.45. The summed E-state index contributed by atoms with van der Waals surface area (Å²) in [6.45, 7) is 5.19. The summed E-state index contributed by atoms with van der Waals surface area (Å²) in [4.78, 5) is 2.37. The lowest BCUT2D eigenvalue weighted by Crippen LogP contribution is -2.28. The van der Waals surface area contributed by atoms with Gasteiger partial charge in [-0.1, -0.05) is 42.8 Å². The van der Waals surface area contributed by atoms with Gasteiger partial charge in [-0.3, -0.25) is 4.90 Å². The van der Waals surface area contributed by atoms with E-state index >= 15 is 0 Å². The molecule has 0 radical (unpaired) electrons. The van der Waals surface area contributed by atoms with Crippen LogP contribution >= 0.6 is 11.6 Å². The fourth-order valence-corrected chi connectivity index (χ4v) is 3.22. The van der Waals surface area contributed by atoms with Crippen molar-refractivity contribution in [3.8, 4) is 0 Å². The van der Waals surface area contributed by atoms with Gasteiger partial charge in [-0.05, 0) is 29.7 Å². The number of nitrogens with zero attached hydrogens (tertiary/aromatic N) is 1. The Kier molecular flexibility index (Phi) is 5.16. The van der Waals surface area contributed by atoms with Gasteiger partial charge < -0.3 is 4.55 Å². The Bertz CT molecular complexity index is 516. The molecule has 0 saturated heterocycles. The molecule has 1 N–H and O–H groups in total. The topological polar surface area (TPSA) is 40.5 Å². The van der Waals surface area contributed by atoms with Gasteiger partial charge in [0, 0.05) is 13.1 Å². The van der Waals surface area contributed by atoms with Crippen LogP contribution in [0.2, 0.25) is 5.02 Å². The van der Waals surface area contributed by atoms with Crippen LogP contribution in [0.3, 0.4) is 0 Å². The molecule has 0 aromatic heterocycles. The predicted molar refractivity (Wildman–Crippen MR) is 80.6 cm³/mol. The van der Waals surface area contributed by atoms with E-state index in [-0.39, 0.29) is 5.75 Å². The van der Waals surface area contributed by atoms with Gasteiger partial charge in [0.15, 0.2) is 11.1 Å². The molecule has 5 heteroatoms. The second kappa shape index (κ2) is 6.66. The third-order valence-electron chi connectivity index (χ3n) is 3.44. The van der Waals surface area contributed by atoms with Crippen molar-refractivity contribution in [1.82, 2.24) is 4.90 Å². The minimum Gasteiger partial charge on any atom is -0.306 e. The van der Waals surface area contributed by atoms with Gasteiger partial charge >= 0.3 is 0 Å². The maximum atomic E-state index is 10.9. The molecule has 1 heterocycles. The second-order valence-corrected chi connectivity index (χ2v) is 5.93. The van der Waals surface area contributed by atoms with E-state index in [9.17, 15) is 4.21 Å². The quantitative estimate of drug-likeness (QED) is 0.868. The molecule has 1 aromatic rings. The van der Waals surface area contributed by atoms with Crippen LogP contribution in [-0.2, 0) is 16.8 Å². The molecule has 1 atom stereocenters. The van der Waals surface area contributed by atoms with Gasteiger partial charge in [-0.25, -0.2) is 4.21 Å². The van der Waals surface area contributed by atoms with E-state index in [4.69, 9.17) is 16.2 Å². The zero-order chi connectivity index (χ0) is 13.8. The Balaban J connectivity index is 2.26. The maximum absolute atomic E-state index is 10.9. The van der Waals surface area contributed by atoms with Gasteiger partial charge in [0.1, 0.15) is 0 Å². The molecule has 0 fully saturated rings. The Morgan fingerprint density at radius 3 is 2.84 bits per heavy atom. The van der Waals surface area contributed by atoms with Crippen LogP contribution in [0.5, 0.6) is 0 Å². The molecule has 1 unspecified atom stereocenters. The maximum Gasteiger partial charge on any atom is 0.157 e. The van der Waals surface area contributed by atoms with E-state index in [2.05, 4.69) is 17.9 Å². The molecule has 0 amide bonds. The monoisotopic (exact) mass is 299 g/mol. The predicted octanol–water partition coefficient (Wildman–Crippen LogP) is 3.17. The lowest BCUT2D eigenvalue weighted by molar-refractivity contribution is 0.319. The lowest BCUT2D eigenvalue weighted by Gasteiger charge is -2.25. The molecule has 0 aliphatic carbocycles. The van der Waals surface area contributed by atoms with Crippen molar-refractivity contribution >= 4 is 28.3 Å². The largest absolute Gasteiger partial charge is 0.306 e. The SMILES string of the molecule is CCN1CC=C(c2cccc(CS(=O)O)c2Cl)CC1. The molecular weight excluding hydrogens is 282 g/mol. The molecule has 1 aliphatic rings. The smallest absolute Gasteiger partial charge is 0.157 e. The van der Waals surface area contributed by atoms with E-state index in [1.807, 2.05) is 18.2 Å². The van der Waals surface area contributed by atoms with Crippen molar-refractivity contribution in [2.45, 2.75) is 19.1 Å². The van der Waals surface area contributed by atoms with Gasteiger partial charge in [0.2, 0.25) is 0 Å². The molecular formula is C14H18ClNO2S. The van der Waals surface area contributed by atoms with Gasteiger partial charge in [0.05, 0.1) is 10.8 Å². The van der Waals surface area contributed by atoms with Crippen molar-refractivity contribution in [3.63, 3.8) is 0 Å². The number of halogens is 1. The summed E-state index contributed by atoms with van der Waals surface area (Å²) in [5.74, 6) is 0.0844. The number of rotatable bonds is 4. The van der Waals surface area contributed by atoms with Crippen LogP contribution in [0.25, 0.3) is 5.57 Å². The summed E-state index contributed by atoms with van der Waals surface area (Å²) in [7, 11) is 0. The van der Waals surface area contributed by atoms with Crippen molar-refractivity contribution in [2.75, 3.05) is 19.6 Å². The number of likely N-dealkylation sites (N-methyl/N-ethyl adjacent to an activating group) is 1. The lowest BCUT2D eigenvalue weighted by atomic mass is 9.98. The van der Waals surface area contributed by atoms with E-state index in [0.717, 1.165) is 37.2 Å². The Morgan fingerprint density at radius 1 is 1.47 bits per heavy atom.